The minimum Gasteiger partial charge on any atom is -0.361 e. The quantitative estimate of drug-likeness (QED) is 0.483. The first-order valence-electron chi connectivity index (χ1n) is 9.74. The predicted molar refractivity (Wildman–Crippen MR) is 119 cm³/mol. The van der Waals surface area contributed by atoms with Crippen LogP contribution in [0.1, 0.15) is 22.4 Å². The monoisotopic (exact) mass is 448 g/mol. The summed E-state index contributed by atoms with van der Waals surface area (Å²) in [5.74, 6) is 0.645. The third-order valence-electron chi connectivity index (χ3n) is 5.60. The standard InChI is InChI=1S/C23H21BrN4O/c1-14-2-4-15(5-3-14)22-26-21-13-28(9-8-18(21)23(29)27-22)12-16-11-25-20-7-6-17(24)10-19(16)20/h2-7,10-11,25H,8-9,12-13H2,1H3,(H,26,27,29). The van der Waals surface area contributed by atoms with Crippen molar-refractivity contribution in [1.29, 1.82) is 0 Å². The molecule has 0 fully saturated rings. The molecule has 0 amide bonds. The van der Waals surface area contributed by atoms with Crippen LogP contribution in [0, 0.1) is 6.92 Å². The van der Waals surface area contributed by atoms with Gasteiger partial charge < -0.3 is 9.97 Å². The number of aromatic nitrogens is 3. The first kappa shape index (κ1) is 18.3. The predicted octanol–water partition coefficient (Wildman–Crippen LogP) is 4.55. The van der Waals surface area contributed by atoms with Crippen molar-refractivity contribution in [2.75, 3.05) is 6.54 Å². The number of nitrogens with one attached hydrogen (secondary N) is 2. The lowest BCUT2D eigenvalue weighted by Gasteiger charge is -2.27. The first-order valence-corrected chi connectivity index (χ1v) is 10.5. The Kier molecular flexibility index (Phi) is 4.60. The summed E-state index contributed by atoms with van der Waals surface area (Å²) >= 11 is 3.56. The Morgan fingerprint density at radius 1 is 1.17 bits per heavy atom. The average Bonchev–Trinajstić information content (AvgIpc) is 3.10. The van der Waals surface area contributed by atoms with Gasteiger partial charge in [-0.1, -0.05) is 45.8 Å². The van der Waals surface area contributed by atoms with Crippen LogP contribution in [-0.2, 0) is 19.5 Å². The number of aromatic amines is 2. The molecule has 2 N–H and O–H groups in total. The largest absolute Gasteiger partial charge is 0.361 e. The Morgan fingerprint density at radius 3 is 2.83 bits per heavy atom. The Labute approximate surface area is 176 Å². The molecule has 0 unspecified atom stereocenters. The first-order chi connectivity index (χ1) is 14.1. The highest BCUT2D eigenvalue weighted by Crippen LogP contribution is 2.26. The van der Waals surface area contributed by atoms with Gasteiger partial charge in [0.25, 0.3) is 5.56 Å². The van der Waals surface area contributed by atoms with E-state index in [4.69, 9.17) is 4.98 Å². The molecule has 0 atom stereocenters. The van der Waals surface area contributed by atoms with Crippen LogP contribution in [0.4, 0.5) is 0 Å². The number of hydrogen-bond donors (Lipinski definition) is 2. The molecule has 146 valence electrons. The van der Waals surface area contributed by atoms with Gasteiger partial charge in [-0.25, -0.2) is 4.98 Å². The summed E-state index contributed by atoms with van der Waals surface area (Å²) in [6.07, 6.45) is 2.80. The molecule has 2 aromatic carbocycles. The molecule has 4 aromatic rings. The summed E-state index contributed by atoms with van der Waals surface area (Å²) in [6, 6.07) is 14.4. The van der Waals surface area contributed by atoms with Crippen LogP contribution in [0.15, 0.2) is 57.9 Å². The summed E-state index contributed by atoms with van der Waals surface area (Å²) in [7, 11) is 0. The van der Waals surface area contributed by atoms with E-state index in [1.54, 1.807) is 0 Å². The third kappa shape index (κ3) is 3.54. The zero-order valence-corrected chi connectivity index (χ0v) is 17.7. The van der Waals surface area contributed by atoms with Crippen LogP contribution >= 0.6 is 15.9 Å². The van der Waals surface area contributed by atoms with Crippen molar-refractivity contribution in [2.24, 2.45) is 0 Å². The summed E-state index contributed by atoms with van der Waals surface area (Å²) in [6.45, 7) is 4.40. The van der Waals surface area contributed by atoms with Crippen molar-refractivity contribution in [3.8, 4) is 11.4 Å². The lowest BCUT2D eigenvalue weighted by atomic mass is 10.0. The highest BCUT2D eigenvalue weighted by atomic mass is 79.9. The van der Waals surface area contributed by atoms with Crippen molar-refractivity contribution >= 4 is 26.8 Å². The van der Waals surface area contributed by atoms with Gasteiger partial charge in [0, 0.05) is 52.3 Å². The van der Waals surface area contributed by atoms with Crippen molar-refractivity contribution in [3.63, 3.8) is 0 Å². The van der Waals surface area contributed by atoms with Gasteiger partial charge >= 0.3 is 0 Å². The van der Waals surface area contributed by atoms with E-state index >= 15 is 0 Å². The van der Waals surface area contributed by atoms with Gasteiger partial charge in [0.05, 0.1) is 5.69 Å². The van der Waals surface area contributed by atoms with E-state index in [0.29, 0.717) is 12.4 Å². The fourth-order valence-electron chi connectivity index (χ4n) is 4.00. The fraction of sp³-hybridized carbons (Fsp3) is 0.217. The second-order valence-corrected chi connectivity index (χ2v) is 8.59. The minimum atomic E-state index is -0.0127. The highest BCUT2D eigenvalue weighted by molar-refractivity contribution is 9.10. The van der Waals surface area contributed by atoms with E-state index < -0.39 is 0 Å². The lowest BCUT2D eigenvalue weighted by molar-refractivity contribution is 0.241. The molecule has 1 aliphatic heterocycles. The summed E-state index contributed by atoms with van der Waals surface area (Å²) in [5, 5.41) is 1.23. The van der Waals surface area contributed by atoms with Crippen LogP contribution in [-0.4, -0.2) is 26.4 Å². The van der Waals surface area contributed by atoms with Crippen molar-refractivity contribution in [2.45, 2.75) is 26.4 Å². The maximum atomic E-state index is 12.6. The fourth-order valence-corrected chi connectivity index (χ4v) is 4.36. The van der Waals surface area contributed by atoms with Crippen LogP contribution in [0.5, 0.6) is 0 Å². The molecule has 0 bridgehead atoms. The number of rotatable bonds is 3. The Morgan fingerprint density at radius 2 is 2.00 bits per heavy atom. The maximum Gasteiger partial charge on any atom is 0.254 e. The minimum absolute atomic E-state index is 0.0127. The Balaban J connectivity index is 1.44. The molecule has 3 heterocycles. The highest BCUT2D eigenvalue weighted by Gasteiger charge is 2.22. The van der Waals surface area contributed by atoms with E-state index in [-0.39, 0.29) is 5.56 Å². The number of H-pyrrole nitrogens is 2. The number of aryl methyl sites for hydroxylation is 1. The van der Waals surface area contributed by atoms with Crippen molar-refractivity contribution in [3.05, 3.63) is 85.9 Å². The van der Waals surface area contributed by atoms with E-state index in [0.717, 1.165) is 46.3 Å². The number of benzene rings is 2. The van der Waals surface area contributed by atoms with E-state index in [1.807, 2.05) is 37.3 Å². The second-order valence-electron chi connectivity index (χ2n) is 7.67. The smallest absolute Gasteiger partial charge is 0.254 e. The second kappa shape index (κ2) is 7.28. The Hall–Kier alpha value is -2.70. The topological polar surface area (TPSA) is 64.8 Å². The van der Waals surface area contributed by atoms with E-state index in [9.17, 15) is 4.79 Å². The zero-order valence-electron chi connectivity index (χ0n) is 16.1. The number of nitrogens with zero attached hydrogens (tertiary/aromatic N) is 2. The maximum absolute atomic E-state index is 12.6. The van der Waals surface area contributed by atoms with Crippen molar-refractivity contribution < 1.29 is 0 Å². The van der Waals surface area contributed by atoms with Gasteiger partial charge in [0.15, 0.2) is 0 Å². The van der Waals surface area contributed by atoms with Gasteiger partial charge in [-0.05, 0) is 37.1 Å². The molecule has 1 aliphatic rings. The molecule has 29 heavy (non-hydrogen) atoms. The average molecular weight is 449 g/mol. The summed E-state index contributed by atoms with van der Waals surface area (Å²) in [5.41, 5.74) is 6.21. The van der Waals surface area contributed by atoms with Gasteiger partial charge in [-0.15, -0.1) is 0 Å². The molecule has 0 saturated carbocycles. The van der Waals surface area contributed by atoms with Crippen LogP contribution in [0.2, 0.25) is 0 Å². The molecule has 0 aliphatic carbocycles. The molecule has 2 aromatic heterocycles. The number of halogens is 1. The molecule has 5 nitrogen and oxygen atoms in total. The molecule has 0 saturated heterocycles. The van der Waals surface area contributed by atoms with E-state index in [2.05, 4.69) is 49.1 Å². The van der Waals surface area contributed by atoms with Gasteiger partial charge in [-0.2, -0.15) is 0 Å². The lowest BCUT2D eigenvalue weighted by Crippen LogP contribution is -2.35. The summed E-state index contributed by atoms with van der Waals surface area (Å²) in [4.78, 5) is 26.1. The number of hydrogen-bond acceptors (Lipinski definition) is 3. The third-order valence-corrected chi connectivity index (χ3v) is 6.09. The van der Waals surface area contributed by atoms with E-state index in [1.165, 1.54) is 16.5 Å². The molecular formula is C23H21BrN4O. The van der Waals surface area contributed by atoms with Gasteiger partial charge in [-0.3, -0.25) is 9.69 Å². The Bertz CT molecular complexity index is 1260. The van der Waals surface area contributed by atoms with Gasteiger partial charge in [0.1, 0.15) is 5.82 Å². The van der Waals surface area contributed by atoms with Crippen LogP contribution < -0.4 is 5.56 Å². The normalized spacial score (nSPS) is 14.3. The zero-order chi connectivity index (χ0) is 20.0. The van der Waals surface area contributed by atoms with Crippen molar-refractivity contribution in [1.82, 2.24) is 19.9 Å². The molecule has 0 spiro atoms. The summed E-state index contributed by atoms with van der Waals surface area (Å²) < 4.78 is 1.07. The molecule has 6 heteroatoms. The van der Waals surface area contributed by atoms with Crippen LogP contribution in [0.25, 0.3) is 22.3 Å². The van der Waals surface area contributed by atoms with Gasteiger partial charge in [0.2, 0.25) is 0 Å². The molecule has 0 radical (unpaired) electrons. The van der Waals surface area contributed by atoms with Crippen LogP contribution in [0.3, 0.4) is 0 Å². The molecule has 5 rings (SSSR count). The molecular weight excluding hydrogens is 428 g/mol. The number of fused-ring (bicyclic) bond motifs is 2. The SMILES string of the molecule is Cc1ccc(-c2nc3c(c(=O)[nH]2)CCN(Cc2c[nH]c4ccc(Br)cc24)C3)cc1.